The minimum Gasteiger partial charge on any atom is -0.454 e. The summed E-state index contributed by atoms with van der Waals surface area (Å²) >= 11 is 3.44. The van der Waals surface area contributed by atoms with Crippen molar-refractivity contribution in [2.45, 2.75) is 19.8 Å². The standard InChI is InChI=1S/C16H21BrN2O3.ClH/c1-2-18-9-11-3-5-19(6-4-11)16(20)12-7-13(17)15-14(8-12)21-10-22-15;/h7-8,11,18H,2-6,9-10H2,1H3;1H. The molecule has 1 amide bonds. The van der Waals surface area contributed by atoms with Crippen LogP contribution in [0.2, 0.25) is 0 Å². The number of halogens is 2. The molecule has 1 aromatic carbocycles. The molecule has 2 aliphatic rings. The van der Waals surface area contributed by atoms with E-state index in [0.29, 0.717) is 23.0 Å². The SMILES string of the molecule is CCNCC1CCN(C(=O)c2cc(Br)c3c(c2)OCO3)CC1.Cl. The van der Waals surface area contributed by atoms with Gasteiger partial charge in [-0.3, -0.25) is 4.79 Å². The first kappa shape index (κ1) is 18.4. The van der Waals surface area contributed by atoms with Gasteiger partial charge < -0.3 is 19.7 Å². The van der Waals surface area contributed by atoms with Gasteiger partial charge in [0.1, 0.15) is 0 Å². The molecular formula is C16H22BrClN2O3. The van der Waals surface area contributed by atoms with E-state index >= 15 is 0 Å². The number of rotatable bonds is 4. The second-order valence-electron chi connectivity index (χ2n) is 5.74. The fraction of sp³-hybridized carbons (Fsp3) is 0.562. The highest BCUT2D eigenvalue weighted by atomic mass is 79.9. The van der Waals surface area contributed by atoms with Crippen LogP contribution in [0.1, 0.15) is 30.1 Å². The van der Waals surface area contributed by atoms with E-state index in [1.807, 2.05) is 11.0 Å². The van der Waals surface area contributed by atoms with Crippen LogP contribution >= 0.6 is 28.3 Å². The summed E-state index contributed by atoms with van der Waals surface area (Å²) in [5.74, 6) is 2.06. The molecule has 0 bridgehead atoms. The molecule has 0 atom stereocenters. The zero-order chi connectivity index (χ0) is 15.5. The van der Waals surface area contributed by atoms with Crippen molar-refractivity contribution in [1.82, 2.24) is 10.2 Å². The van der Waals surface area contributed by atoms with Gasteiger partial charge in [-0.05, 0) is 59.9 Å². The molecule has 0 aromatic heterocycles. The Morgan fingerprint density at radius 1 is 1.35 bits per heavy atom. The second kappa shape index (κ2) is 8.22. The van der Waals surface area contributed by atoms with Crippen LogP contribution in [0.4, 0.5) is 0 Å². The van der Waals surface area contributed by atoms with Crippen LogP contribution in [0.3, 0.4) is 0 Å². The maximum Gasteiger partial charge on any atom is 0.254 e. The molecule has 1 aromatic rings. The zero-order valence-corrected chi connectivity index (χ0v) is 15.5. The third-order valence-corrected chi connectivity index (χ3v) is 4.85. The Labute approximate surface area is 151 Å². The van der Waals surface area contributed by atoms with Gasteiger partial charge in [0, 0.05) is 18.7 Å². The van der Waals surface area contributed by atoms with Crippen LogP contribution in [0.15, 0.2) is 16.6 Å². The van der Waals surface area contributed by atoms with Crippen molar-refractivity contribution >= 4 is 34.2 Å². The summed E-state index contributed by atoms with van der Waals surface area (Å²) < 4.78 is 11.5. The largest absolute Gasteiger partial charge is 0.454 e. The van der Waals surface area contributed by atoms with Crippen LogP contribution in [0.25, 0.3) is 0 Å². The van der Waals surface area contributed by atoms with Crippen molar-refractivity contribution < 1.29 is 14.3 Å². The summed E-state index contributed by atoms with van der Waals surface area (Å²) in [5, 5.41) is 3.39. The lowest BCUT2D eigenvalue weighted by Gasteiger charge is -2.32. The van der Waals surface area contributed by atoms with Gasteiger partial charge in [0.25, 0.3) is 5.91 Å². The average molecular weight is 406 g/mol. The first-order valence-corrected chi connectivity index (χ1v) is 8.57. The van der Waals surface area contributed by atoms with E-state index in [4.69, 9.17) is 9.47 Å². The number of nitrogens with one attached hydrogen (secondary N) is 1. The summed E-state index contributed by atoms with van der Waals surface area (Å²) in [7, 11) is 0. The number of ether oxygens (including phenoxy) is 2. The topological polar surface area (TPSA) is 50.8 Å². The van der Waals surface area contributed by atoms with E-state index in [2.05, 4.69) is 28.2 Å². The van der Waals surface area contributed by atoms with Crippen LogP contribution in [-0.4, -0.2) is 43.8 Å². The summed E-state index contributed by atoms with van der Waals surface area (Å²) in [6, 6.07) is 3.60. The molecule has 3 rings (SSSR count). The number of likely N-dealkylation sites (tertiary alicyclic amines) is 1. The summed E-state index contributed by atoms with van der Waals surface area (Å²) in [5.41, 5.74) is 0.654. The van der Waals surface area contributed by atoms with E-state index in [1.54, 1.807) is 6.07 Å². The van der Waals surface area contributed by atoms with Crippen molar-refractivity contribution in [3.63, 3.8) is 0 Å². The molecular weight excluding hydrogens is 384 g/mol. The smallest absolute Gasteiger partial charge is 0.254 e. The zero-order valence-electron chi connectivity index (χ0n) is 13.1. The third kappa shape index (κ3) is 4.11. The van der Waals surface area contributed by atoms with E-state index in [1.165, 1.54) is 0 Å². The monoisotopic (exact) mass is 404 g/mol. The van der Waals surface area contributed by atoms with Gasteiger partial charge in [-0.2, -0.15) is 0 Å². The van der Waals surface area contributed by atoms with Gasteiger partial charge >= 0.3 is 0 Å². The summed E-state index contributed by atoms with van der Waals surface area (Å²) in [4.78, 5) is 14.6. The lowest BCUT2D eigenvalue weighted by atomic mass is 9.96. The Balaban J connectivity index is 0.00000192. The van der Waals surface area contributed by atoms with Crippen LogP contribution in [0, 0.1) is 5.92 Å². The number of nitrogens with zero attached hydrogens (tertiary/aromatic N) is 1. The highest BCUT2D eigenvalue weighted by Crippen LogP contribution is 2.40. The second-order valence-corrected chi connectivity index (χ2v) is 6.59. The number of carbonyl (C=O) groups is 1. The molecule has 1 fully saturated rings. The fourth-order valence-electron chi connectivity index (χ4n) is 2.96. The third-order valence-electron chi connectivity index (χ3n) is 4.26. The molecule has 5 nitrogen and oxygen atoms in total. The Hall–Kier alpha value is -0.980. The molecule has 0 saturated carbocycles. The Morgan fingerprint density at radius 2 is 2.09 bits per heavy atom. The van der Waals surface area contributed by atoms with Gasteiger partial charge in [-0.1, -0.05) is 6.92 Å². The first-order valence-electron chi connectivity index (χ1n) is 7.78. The summed E-state index contributed by atoms with van der Waals surface area (Å²) in [6.07, 6.45) is 2.12. The van der Waals surface area contributed by atoms with Gasteiger partial charge in [-0.25, -0.2) is 0 Å². The number of amides is 1. The van der Waals surface area contributed by atoms with Gasteiger partial charge in [0.05, 0.1) is 4.47 Å². The predicted molar refractivity (Wildman–Crippen MR) is 94.7 cm³/mol. The molecule has 0 unspecified atom stereocenters. The predicted octanol–water partition coefficient (Wildman–Crippen LogP) is 3.06. The van der Waals surface area contributed by atoms with Crippen LogP contribution in [-0.2, 0) is 0 Å². The summed E-state index contributed by atoms with van der Waals surface area (Å²) in [6.45, 7) is 6.03. The van der Waals surface area contributed by atoms with Crippen molar-refractivity contribution in [3.05, 3.63) is 22.2 Å². The van der Waals surface area contributed by atoms with E-state index in [9.17, 15) is 4.79 Å². The number of carbonyl (C=O) groups excluding carboxylic acids is 1. The van der Waals surface area contributed by atoms with Crippen molar-refractivity contribution in [3.8, 4) is 11.5 Å². The number of piperidine rings is 1. The number of hydrogen-bond acceptors (Lipinski definition) is 4. The minimum absolute atomic E-state index is 0. The van der Waals surface area contributed by atoms with Gasteiger partial charge in [0.2, 0.25) is 6.79 Å². The lowest BCUT2D eigenvalue weighted by molar-refractivity contribution is 0.0690. The Morgan fingerprint density at radius 3 is 2.78 bits per heavy atom. The van der Waals surface area contributed by atoms with E-state index in [0.717, 1.165) is 43.5 Å². The molecule has 0 spiro atoms. The van der Waals surface area contributed by atoms with E-state index < -0.39 is 0 Å². The molecule has 1 N–H and O–H groups in total. The van der Waals surface area contributed by atoms with Crippen LogP contribution in [0.5, 0.6) is 11.5 Å². The van der Waals surface area contributed by atoms with Crippen molar-refractivity contribution in [2.75, 3.05) is 33.0 Å². The highest BCUT2D eigenvalue weighted by molar-refractivity contribution is 9.10. The molecule has 1 saturated heterocycles. The average Bonchev–Trinajstić information content (AvgIpc) is 3.02. The quantitative estimate of drug-likeness (QED) is 0.836. The van der Waals surface area contributed by atoms with E-state index in [-0.39, 0.29) is 25.1 Å². The molecule has 128 valence electrons. The minimum atomic E-state index is 0. The highest BCUT2D eigenvalue weighted by Gasteiger charge is 2.26. The molecule has 2 aliphatic heterocycles. The van der Waals surface area contributed by atoms with Crippen LogP contribution < -0.4 is 14.8 Å². The normalized spacial score (nSPS) is 17.0. The fourth-order valence-corrected chi connectivity index (χ4v) is 3.52. The molecule has 7 heteroatoms. The molecule has 23 heavy (non-hydrogen) atoms. The lowest BCUT2D eigenvalue weighted by Crippen LogP contribution is -2.40. The Bertz CT molecular complexity index is 563. The maximum atomic E-state index is 12.7. The Kier molecular flexibility index (Phi) is 6.56. The number of hydrogen-bond donors (Lipinski definition) is 1. The van der Waals surface area contributed by atoms with Gasteiger partial charge in [0.15, 0.2) is 11.5 Å². The molecule has 0 radical (unpaired) electrons. The molecule has 2 heterocycles. The first-order chi connectivity index (χ1) is 10.7. The maximum absolute atomic E-state index is 12.7. The molecule has 0 aliphatic carbocycles. The number of fused-ring (bicyclic) bond motifs is 1. The number of benzene rings is 1. The van der Waals surface area contributed by atoms with Gasteiger partial charge in [-0.15, -0.1) is 12.4 Å². The van der Waals surface area contributed by atoms with Crippen molar-refractivity contribution in [1.29, 1.82) is 0 Å². The van der Waals surface area contributed by atoms with Crippen molar-refractivity contribution in [2.24, 2.45) is 5.92 Å².